The summed E-state index contributed by atoms with van der Waals surface area (Å²) in [5.74, 6) is 0. The average molecular weight is 440 g/mol. The van der Waals surface area contributed by atoms with Gasteiger partial charge in [-0.3, -0.25) is 0 Å². The number of nitrogens with zero attached hydrogens (tertiary/aromatic N) is 1. The fourth-order valence-electron chi connectivity index (χ4n) is 4.50. The zero-order chi connectivity index (χ0) is 20.1. The van der Waals surface area contributed by atoms with Crippen LogP contribution in [0, 0.1) is 6.92 Å². The number of aryl methyl sites for hydroxylation is 1. The van der Waals surface area contributed by atoms with Gasteiger partial charge in [0.15, 0.2) is 9.84 Å². The third-order valence-corrected chi connectivity index (χ3v) is 10.4. The molecule has 2 aliphatic heterocycles. The van der Waals surface area contributed by atoms with Crippen LogP contribution in [-0.4, -0.2) is 38.5 Å². The van der Waals surface area contributed by atoms with Gasteiger partial charge in [0.05, 0.1) is 15.0 Å². The second-order valence-electron chi connectivity index (χ2n) is 7.58. The van der Waals surface area contributed by atoms with Crippen LogP contribution in [0.2, 0.25) is 5.02 Å². The molecule has 0 N–H and O–H groups in total. The van der Waals surface area contributed by atoms with E-state index in [-0.39, 0.29) is 17.0 Å². The summed E-state index contributed by atoms with van der Waals surface area (Å²) in [6.07, 6.45) is 2.02. The van der Waals surface area contributed by atoms with E-state index in [1.807, 2.05) is 0 Å². The minimum absolute atomic E-state index is 0.210. The Morgan fingerprint density at radius 2 is 1.54 bits per heavy atom. The molecule has 0 radical (unpaired) electrons. The molecule has 2 bridgehead atoms. The van der Waals surface area contributed by atoms with E-state index >= 15 is 0 Å². The van der Waals surface area contributed by atoms with E-state index in [4.69, 9.17) is 11.6 Å². The zero-order valence-corrected chi connectivity index (χ0v) is 17.8. The lowest BCUT2D eigenvalue weighted by Gasteiger charge is -2.37. The molecule has 4 rings (SSSR count). The van der Waals surface area contributed by atoms with Crippen LogP contribution in [0.5, 0.6) is 0 Å². The van der Waals surface area contributed by atoms with Crippen molar-refractivity contribution in [2.24, 2.45) is 0 Å². The number of hydrogen-bond donors (Lipinski definition) is 0. The molecule has 2 atom stereocenters. The SMILES string of the molecule is Cc1ccc(Cl)cc1S(=O)(=O)N1[C@H]2CC[C@H]1CC(S(=O)(=O)c1ccccc1)C2. The Kier molecular flexibility index (Phi) is 5.06. The number of piperidine rings is 1. The van der Waals surface area contributed by atoms with Gasteiger partial charge in [0.25, 0.3) is 0 Å². The van der Waals surface area contributed by atoms with Crippen molar-refractivity contribution in [2.75, 3.05) is 0 Å². The number of sulfone groups is 1. The average Bonchev–Trinajstić information content (AvgIpc) is 2.95. The topological polar surface area (TPSA) is 71.5 Å². The molecule has 150 valence electrons. The molecule has 2 aliphatic rings. The maximum Gasteiger partial charge on any atom is 0.243 e. The highest BCUT2D eigenvalue weighted by molar-refractivity contribution is 7.92. The smallest absolute Gasteiger partial charge is 0.223 e. The van der Waals surface area contributed by atoms with Crippen molar-refractivity contribution >= 4 is 31.5 Å². The first-order chi connectivity index (χ1) is 13.2. The summed E-state index contributed by atoms with van der Waals surface area (Å²) in [5, 5.41) is -0.183. The monoisotopic (exact) mass is 439 g/mol. The van der Waals surface area contributed by atoms with Crippen LogP contribution < -0.4 is 0 Å². The molecular weight excluding hydrogens is 418 g/mol. The van der Waals surface area contributed by atoms with Gasteiger partial charge in [-0.15, -0.1) is 0 Å². The lowest BCUT2D eigenvalue weighted by molar-refractivity contribution is 0.249. The number of halogens is 1. The van der Waals surface area contributed by atoms with Gasteiger partial charge in [0, 0.05) is 17.1 Å². The Balaban J connectivity index is 1.66. The molecule has 0 saturated carbocycles. The van der Waals surface area contributed by atoms with Gasteiger partial charge >= 0.3 is 0 Å². The summed E-state index contributed by atoms with van der Waals surface area (Å²) in [5.41, 5.74) is 0.642. The standard InChI is InChI=1S/C20H22ClNO4S2/c1-14-7-8-15(21)11-20(14)28(25,26)22-16-9-10-17(22)13-19(12-16)27(23,24)18-5-3-2-4-6-18/h2-8,11,16-17,19H,9-10,12-13H2,1H3/t16-,17-/m0/s1. The molecule has 2 saturated heterocycles. The summed E-state index contributed by atoms with van der Waals surface area (Å²) in [7, 11) is -7.21. The van der Waals surface area contributed by atoms with Crippen LogP contribution in [0.4, 0.5) is 0 Å². The van der Waals surface area contributed by atoms with Crippen molar-refractivity contribution in [3.63, 3.8) is 0 Å². The van der Waals surface area contributed by atoms with E-state index in [0.29, 0.717) is 41.2 Å². The van der Waals surface area contributed by atoms with Gasteiger partial charge in [-0.25, -0.2) is 16.8 Å². The summed E-state index contributed by atoms with van der Waals surface area (Å²) < 4.78 is 54.4. The van der Waals surface area contributed by atoms with E-state index in [1.54, 1.807) is 53.7 Å². The number of rotatable bonds is 4. The molecule has 0 aromatic heterocycles. The molecular formula is C20H22ClNO4S2. The van der Waals surface area contributed by atoms with E-state index in [9.17, 15) is 16.8 Å². The third kappa shape index (κ3) is 3.28. The normalized spacial score (nSPS) is 25.7. The molecule has 8 heteroatoms. The lowest BCUT2D eigenvalue weighted by Crippen LogP contribution is -2.49. The zero-order valence-electron chi connectivity index (χ0n) is 15.5. The molecule has 28 heavy (non-hydrogen) atoms. The summed E-state index contributed by atoms with van der Waals surface area (Å²) >= 11 is 6.04. The number of sulfonamides is 1. The van der Waals surface area contributed by atoms with E-state index in [2.05, 4.69) is 0 Å². The quantitative estimate of drug-likeness (QED) is 0.726. The van der Waals surface area contributed by atoms with Gasteiger partial charge < -0.3 is 0 Å². The number of hydrogen-bond acceptors (Lipinski definition) is 4. The minimum Gasteiger partial charge on any atom is -0.223 e. The van der Waals surface area contributed by atoms with Crippen molar-refractivity contribution in [1.29, 1.82) is 0 Å². The molecule has 2 fully saturated rings. The maximum absolute atomic E-state index is 13.4. The molecule has 2 heterocycles. The Hall–Kier alpha value is -1.41. The second kappa shape index (κ2) is 7.13. The molecule has 0 aliphatic carbocycles. The van der Waals surface area contributed by atoms with Crippen LogP contribution in [0.3, 0.4) is 0 Å². The first-order valence-corrected chi connectivity index (χ1v) is 12.7. The van der Waals surface area contributed by atoms with Crippen molar-refractivity contribution in [1.82, 2.24) is 4.31 Å². The predicted molar refractivity (Wildman–Crippen MR) is 109 cm³/mol. The molecule has 2 aromatic carbocycles. The predicted octanol–water partition coefficient (Wildman–Crippen LogP) is 3.81. The molecule has 0 unspecified atom stereocenters. The Bertz CT molecular complexity index is 1090. The first kappa shape index (κ1) is 19.9. The van der Waals surface area contributed by atoms with Gasteiger partial charge in [-0.05, 0) is 62.4 Å². The highest BCUT2D eigenvalue weighted by Crippen LogP contribution is 2.43. The summed E-state index contributed by atoms with van der Waals surface area (Å²) in [6, 6.07) is 12.7. The van der Waals surface area contributed by atoms with Gasteiger partial charge in [0.2, 0.25) is 10.0 Å². The summed E-state index contributed by atoms with van der Waals surface area (Å²) in [6.45, 7) is 1.75. The van der Waals surface area contributed by atoms with Crippen LogP contribution in [0.25, 0.3) is 0 Å². The number of fused-ring (bicyclic) bond motifs is 2. The Morgan fingerprint density at radius 3 is 2.14 bits per heavy atom. The van der Waals surface area contributed by atoms with Gasteiger partial charge in [-0.1, -0.05) is 35.9 Å². The van der Waals surface area contributed by atoms with Crippen molar-refractivity contribution in [3.05, 3.63) is 59.1 Å². The Morgan fingerprint density at radius 1 is 0.929 bits per heavy atom. The van der Waals surface area contributed by atoms with Gasteiger partial charge in [0.1, 0.15) is 0 Å². The van der Waals surface area contributed by atoms with Gasteiger partial charge in [-0.2, -0.15) is 4.31 Å². The van der Waals surface area contributed by atoms with E-state index in [1.165, 1.54) is 6.07 Å². The van der Waals surface area contributed by atoms with Crippen LogP contribution in [0.1, 0.15) is 31.2 Å². The first-order valence-electron chi connectivity index (χ1n) is 9.30. The van der Waals surface area contributed by atoms with Crippen molar-refractivity contribution in [2.45, 2.75) is 59.7 Å². The van der Waals surface area contributed by atoms with Crippen molar-refractivity contribution < 1.29 is 16.8 Å². The minimum atomic E-state index is -3.73. The number of benzene rings is 2. The Labute approximate surface area is 171 Å². The maximum atomic E-state index is 13.4. The molecule has 5 nitrogen and oxygen atoms in total. The fourth-order valence-corrected chi connectivity index (χ4v) is 8.75. The van der Waals surface area contributed by atoms with Crippen LogP contribution in [-0.2, 0) is 19.9 Å². The summed E-state index contributed by atoms with van der Waals surface area (Å²) in [4.78, 5) is 0.516. The van der Waals surface area contributed by atoms with Crippen LogP contribution in [0.15, 0.2) is 58.3 Å². The van der Waals surface area contributed by atoms with E-state index < -0.39 is 25.1 Å². The van der Waals surface area contributed by atoms with Crippen molar-refractivity contribution in [3.8, 4) is 0 Å². The third-order valence-electron chi connectivity index (χ3n) is 5.84. The highest BCUT2D eigenvalue weighted by atomic mass is 35.5. The fraction of sp³-hybridized carbons (Fsp3) is 0.400. The molecule has 0 amide bonds. The largest absolute Gasteiger partial charge is 0.243 e. The lowest BCUT2D eigenvalue weighted by atomic mass is 10.1. The van der Waals surface area contributed by atoms with Crippen LogP contribution >= 0.6 is 11.6 Å². The molecule has 2 aromatic rings. The highest BCUT2D eigenvalue weighted by Gasteiger charge is 2.50. The second-order valence-corrected chi connectivity index (χ2v) is 12.1. The molecule has 0 spiro atoms. The van der Waals surface area contributed by atoms with E-state index in [0.717, 1.165) is 0 Å².